The molecule has 3 aromatic rings. The first-order valence-electron chi connectivity index (χ1n) is 11.0. The molecule has 0 atom stereocenters. The number of para-hydroxylation sites is 1. The van der Waals surface area contributed by atoms with Crippen molar-refractivity contribution in [2.45, 2.75) is 26.4 Å². The summed E-state index contributed by atoms with van der Waals surface area (Å²) in [5.41, 5.74) is 5.06. The van der Waals surface area contributed by atoms with Crippen molar-refractivity contribution in [3.8, 4) is 16.9 Å². The third-order valence-electron chi connectivity index (χ3n) is 5.26. The number of alkyl carbamates (subject to hydrolysis) is 1. The van der Waals surface area contributed by atoms with E-state index >= 15 is 0 Å². The van der Waals surface area contributed by atoms with Gasteiger partial charge >= 0.3 is 6.09 Å². The van der Waals surface area contributed by atoms with E-state index in [-0.39, 0.29) is 23.8 Å². The average Bonchev–Trinajstić information content (AvgIpc) is 3.09. The maximum atomic E-state index is 11.8. The number of fused-ring (bicyclic) bond motifs is 3. The molecule has 0 saturated heterocycles. The van der Waals surface area contributed by atoms with Crippen LogP contribution in [0.25, 0.3) is 22.8 Å². The third kappa shape index (κ3) is 5.09. The Balaban J connectivity index is 1.59. The fourth-order valence-electron chi connectivity index (χ4n) is 3.87. The van der Waals surface area contributed by atoms with E-state index in [4.69, 9.17) is 9.47 Å². The molecule has 0 radical (unpaired) electrons. The average molecular weight is 459 g/mol. The van der Waals surface area contributed by atoms with Crippen LogP contribution in [0.5, 0.6) is 5.75 Å². The quantitative estimate of drug-likeness (QED) is 0.215. The van der Waals surface area contributed by atoms with Crippen molar-refractivity contribution in [2.75, 3.05) is 13.2 Å². The summed E-state index contributed by atoms with van der Waals surface area (Å²) in [4.78, 5) is 22.8. The highest BCUT2D eigenvalue weighted by molar-refractivity contribution is 6.07. The molecule has 0 fully saturated rings. The van der Waals surface area contributed by atoms with Crippen LogP contribution in [0.15, 0.2) is 66.7 Å². The molecule has 174 valence electrons. The monoisotopic (exact) mass is 458 g/mol. The van der Waals surface area contributed by atoms with Gasteiger partial charge in [0, 0.05) is 17.7 Å². The highest BCUT2D eigenvalue weighted by Crippen LogP contribution is 2.46. The van der Waals surface area contributed by atoms with Crippen LogP contribution in [0, 0.1) is 10.1 Å². The Labute approximate surface area is 198 Å². The Hall–Kier alpha value is -4.13. The van der Waals surface area contributed by atoms with E-state index in [2.05, 4.69) is 5.32 Å². The number of ether oxygens (including phenoxy) is 2. The summed E-state index contributed by atoms with van der Waals surface area (Å²) >= 11 is 0. The minimum absolute atomic E-state index is 0.0511. The molecule has 0 aromatic heterocycles. The van der Waals surface area contributed by atoms with Crippen LogP contribution in [0.4, 0.5) is 10.5 Å². The first-order chi connectivity index (χ1) is 16.2. The summed E-state index contributed by atoms with van der Waals surface area (Å²) in [6, 6.07) is 20.5. The van der Waals surface area contributed by atoms with Crippen LogP contribution in [0.2, 0.25) is 0 Å². The van der Waals surface area contributed by atoms with Gasteiger partial charge in [-0.1, -0.05) is 42.5 Å². The second-order valence-corrected chi connectivity index (χ2v) is 8.91. The van der Waals surface area contributed by atoms with Crippen LogP contribution < -0.4 is 10.1 Å². The van der Waals surface area contributed by atoms with Crippen LogP contribution in [0.3, 0.4) is 0 Å². The Morgan fingerprint density at radius 3 is 2.38 bits per heavy atom. The van der Waals surface area contributed by atoms with Gasteiger partial charge in [-0.3, -0.25) is 10.1 Å². The zero-order chi connectivity index (χ0) is 24.3. The lowest BCUT2D eigenvalue weighted by Crippen LogP contribution is -2.34. The number of hydrogen-bond donors (Lipinski definition) is 1. The number of amides is 1. The summed E-state index contributed by atoms with van der Waals surface area (Å²) < 4.78 is 11.2. The van der Waals surface area contributed by atoms with Crippen molar-refractivity contribution < 1.29 is 19.2 Å². The Morgan fingerprint density at radius 2 is 1.65 bits per heavy atom. The first kappa shape index (κ1) is 23.0. The van der Waals surface area contributed by atoms with Crippen LogP contribution >= 0.6 is 0 Å². The number of carbonyl (C=O) groups is 1. The minimum atomic E-state index is -0.563. The van der Waals surface area contributed by atoms with Gasteiger partial charge in [-0.15, -0.1) is 0 Å². The predicted molar refractivity (Wildman–Crippen MR) is 132 cm³/mol. The summed E-state index contributed by atoms with van der Waals surface area (Å²) in [5, 5.41) is 14.1. The molecule has 0 heterocycles. The smallest absolute Gasteiger partial charge is 0.407 e. The van der Waals surface area contributed by atoms with E-state index in [1.54, 1.807) is 32.9 Å². The number of carbonyl (C=O) groups excluding carboxylic acids is 1. The number of nitro benzene ring substituents is 1. The van der Waals surface area contributed by atoms with Gasteiger partial charge in [0.1, 0.15) is 18.0 Å². The molecule has 0 aliphatic heterocycles. The van der Waals surface area contributed by atoms with Gasteiger partial charge in [0.05, 0.1) is 11.5 Å². The lowest BCUT2D eigenvalue weighted by atomic mass is 10.0. The zero-order valence-electron chi connectivity index (χ0n) is 19.3. The molecule has 3 aromatic carbocycles. The Morgan fingerprint density at radius 1 is 0.971 bits per heavy atom. The number of nitrogens with zero attached hydrogens (tertiary/aromatic N) is 1. The highest BCUT2D eigenvalue weighted by atomic mass is 16.6. The molecule has 1 aliphatic carbocycles. The lowest BCUT2D eigenvalue weighted by molar-refractivity contribution is -0.384. The van der Waals surface area contributed by atoms with Crippen LogP contribution in [-0.2, 0) is 4.74 Å². The Bertz CT molecular complexity index is 1270. The van der Waals surface area contributed by atoms with E-state index < -0.39 is 11.7 Å². The van der Waals surface area contributed by atoms with Crippen molar-refractivity contribution in [1.82, 2.24) is 5.32 Å². The second-order valence-electron chi connectivity index (χ2n) is 8.91. The van der Waals surface area contributed by atoms with Gasteiger partial charge in [-0.2, -0.15) is 0 Å². The SMILES string of the molecule is CC(C)(C)OC(=O)NCCOc1ccccc1C=C1c2ccccc2-c2ccc([N+](=O)[O-])cc21. The van der Waals surface area contributed by atoms with E-state index in [0.29, 0.717) is 5.75 Å². The lowest BCUT2D eigenvalue weighted by Gasteiger charge is -2.19. The van der Waals surface area contributed by atoms with Gasteiger partial charge in [-0.05, 0) is 66.8 Å². The van der Waals surface area contributed by atoms with Gasteiger partial charge in [0.25, 0.3) is 5.69 Å². The molecule has 0 saturated carbocycles. The first-order valence-corrected chi connectivity index (χ1v) is 11.0. The number of hydrogen-bond acceptors (Lipinski definition) is 5. The van der Waals surface area contributed by atoms with Crippen molar-refractivity contribution in [3.63, 3.8) is 0 Å². The fourth-order valence-corrected chi connectivity index (χ4v) is 3.87. The molecule has 1 N–H and O–H groups in total. The predicted octanol–water partition coefficient (Wildman–Crippen LogP) is 6.07. The van der Waals surface area contributed by atoms with Crippen molar-refractivity contribution in [1.29, 1.82) is 0 Å². The fraction of sp³-hybridized carbons (Fsp3) is 0.222. The maximum absolute atomic E-state index is 11.8. The molecule has 0 bridgehead atoms. The number of nitrogens with one attached hydrogen (secondary N) is 1. The normalized spacial score (nSPS) is 13.2. The molecule has 0 spiro atoms. The molecular weight excluding hydrogens is 432 g/mol. The van der Waals surface area contributed by atoms with Crippen LogP contribution in [0.1, 0.15) is 37.5 Å². The molecule has 4 rings (SSSR count). The molecule has 7 heteroatoms. The van der Waals surface area contributed by atoms with Crippen molar-refractivity contribution in [3.05, 3.63) is 93.5 Å². The largest absolute Gasteiger partial charge is 0.491 e. The van der Waals surface area contributed by atoms with E-state index in [9.17, 15) is 14.9 Å². The van der Waals surface area contributed by atoms with Crippen LogP contribution in [-0.4, -0.2) is 29.8 Å². The van der Waals surface area contributed by atoms with Crippen molar-refractivity contribution >= 4 is 23.4 Å². The third-order valence-corrected chi connectivity index (χ3v) is 5.26. The molecule has 1 amide bonds. The molecule has 1 aliphatic rings. The molecule has 34 heavy (non-hydrogen) atoms. The van der Waals surface area contributed by atoms with Gasteiger partial charge in [-0.25, -0.2) is 4.79 Å². The highest BCUT2D eigenvalue weighted by Gasteiger charge is 2.25. The van der Waals surface area contributed by atoms with Crippen molar-refractivity contribution in [2.24, 2.45) is 0 Å². The van der Waals surface area contributed by atoms with Gasteiger partial charge in [0.15, 0.2) is 0 Å². The van der Waals surface area contributed by atoms with Gasteiger partial charge in [0.2, 0.25) is 0 Å². The molecular formula is C27H26N2O5. The number of benzene rings is 3. The standard InChI is InChI=1S/C27H26N2O5/c1-27(2,3)34-26(30)28-14-15-33-25-11-7-4-8-18(25)16-23-21-10-6-5-9-20(21)22-13-12-19(29(31)32)17-24(22)23/h4-13,16-17H,14-15H2,1-3H3,(H,28,30). The minimum Gasteiger partial charge on any atom is -0.491 e. The maximum Gasteiger partial charge on any atom is 0.407 e. The second kappa shape index (κ2) is 9.39. The summed E-state index contributed by atoms with van der Waals surface area (Å²) in [6.07, 6.45) is 1.50. The summed E-state index contributed by atoms with van der Waals surface area (Å²) in [7, 11) is 0. The summed E-state index contributed by atoms with van der Waals surface area (Å²) in [5.74, 6) is 0.650. The van der Waals surface area contributed by atoms with E-state index in [0.717, 1.165) is 33.4 Å². The van der Waals surface area contributed by atoms with Gasteiger partial charge < -0.3 is 14.8 Å². The topological polar surface area (TPSA) is 90.7 Å². The Kier molecular flexibility index (Phi) is 6.36. The zero-order valence-corrected chi connectivity index (χ0v) is 19.3. The summed E-state index contributed by atoms with van der Waals surface area (Å²) in [6.45, 7) is 5.97. The molecule has 0 unspecified atom stereocenters. The number of rotatable bonds is 6. The van der Waals surface area contributed by atoms with E-state index in [1.807, 2.05) is 54.6 Å². The molecule has 7 nitrogen and oxygen atoms in total. The number of non-ortho nitro benzene ring substituents is 1. The van der Waals surface area contributed by atoms with E-state index in [1.165, 1.54) is 6.07 Å². The number of nitro groups is 1.